The number of ether oxygens (including phenoxy) is 1. The van der Waals surface area contributed by atoms with Gasteiger partial charge < -0.3 is 14.5 Å². The van der Waals surface area contributed by atoms with Gasteiger partial charge in [0.25, 0.3) is 5.91 Å². The van der Waals surface area contributed by atoms with Gasteiger partial charge in [-0.2, -0.15) is 0 Å². The zero-order valence-electron chi connectivity index (χ0n) is 15.4. The Labute approximate surface area is 154 Å². The van der Waals surface area contributed by atoms with Gasteiger partial charge in [0.15, 0.2) is 0 Å². The fourth-order valence-electron chi connectivity index (χ4n) is 4.35. The van der Waals surface area contributed by atoms with E-state index in [1.807, 2.05) is 18.0 Å². The Hall–Kier alpha value is -1.92. The van der Waals surface area contributed by atoms with Crippen molar-refractivity contribution in [2.45, 2.75) is 25.5 Å². The second-order valence-electron chi connectivity index (χ2n) is 7.74. The minimum Gasteiger partial charge on any atom is -0.366 e. The van der Waals surface area contributed by atoms with Crippen LogP contribution in [0.3, 0.4) is 0 Å². The Kier molecular flexibility index (Phi) is 4.96. The molecule has 26 heavy (non-hydrogen) atoms. The largest absolute Gasteiger partial charge is 0.366 e. The molecule has 3 aliphatic heterocycles. The smallest absolute Gasteiger partial charge is 0.253 e. The average molecular weight is 357 g/mol. The van der Waals surface area contributed by atoms with E-state index in [0.717, 1.165) is 32.6 Å². The molecule has 6 nitrogen and oxygen atoms in total. The molecule has 3 heterocycles. The number of rotatable bonds is 3. The molecule has 2 amide bonds. The van der Waals surface area contributed by atoms with Gasteiger partial charge in [0.2, 0.25) is 5.91 Å². The summed E-state index contributed by atoms with van der Waals surface area (Å²) in [6.07, 6.45) is 1.15. The Balaban J connectivity index is 1.34. The maximum atomic E-state index is 13.0. The standard InChI is InChI=1S/C20H27N3O3/c1-21-11-15(10-19(21)24)12-22-8-9-26-18(14-22)20(25)23-7-6-16-4-2-3-5-17(16)13-23/h2-5,15,18H,6-14H2,1H3. The number of morpholine rings is 1. The highest BCUT2D eigenvalue weighted by atomic mass is 16.5. The molecular formula is C20H27N3O3. The lowest BCUT2D eigenvalue weighted by Gasteiger charge is -2.37. The number of carbonyl (C=O) groups is 2. The molecule has 3 aliphatic rings. The van der Waals surface area contributed by atoms with Gasteiger partial charge in [0, 0.05) is 52.7 Å². The molecule has 0 bridgehead atoms. The molecule has 0 N–H and O–H groups in total. The average Bonchev–Trinajstić information content (AvgIpc) is 2.98. The van der Waals surface area contributed by atoms with Crippen molar-refractivity contribution in [3.8, 4) is 0 Å². The van der Waals surface area contributed by atoms with Crippen LogP contribution in [0.1, 0.15) is 17.5 Å². The van der Waals surface area contributed by atoms with Gasteiger partial charge in [-0.3, -0.25) is 14.5 Å². The van der Waals surface area contributed by atoms with E-state index in [1.54, 1.807) is 4.90 Å². The van der Waals surface area contributed by atoms with Crippen LogP contribution in [0.4, 0.5) is 0 Å². The minimum absolute atomic E-state index is 0.101. The molecule has 0 aromatic heterocycles. The summed E-state index contributed by atoms with van der Waals surface area (Å²) in [6, 6.07) is 8.35. The van der Waals surface area contributed by atoms with Crippen LogP contribution in [0, 0.1) is 5.92 Å². The van der Waals surface area contributed by atoms with E-state index in [0.29, 0.717) is 32.0 Å². The number of benzene rings is 1. The fourth-order valence-corrected chi connectivity index (χ4v) is 4.35. The highest BCUT2D eigenvalue weighted by molar-refractivity contribution is 5.81. The minimum atomic E-state index is -0.385. The molecule has 1 aromatic carbocycles. The van der Waals surface area contributed by atoms with Gasteiger partial charge in [0.05, 0.1) is 6.61 Å². The number of amides is 2. The third-order valence-electron chi connectivity index (χ3n) is 5.81. The molecule has 0 radical (unpaired) electrons. The van der Waals surface area contributed by atoms with E-state index in [4.69, 9.17) is 4.74 Å². The number of hydrogen-bond donors (Lipinski definition) is 0. The first-order valence-electron chi connectivity index (χ1n) is 9.53. The van der Waals surface area contributed by atoms with Crippen LogP contribution in [0.5, 0.6) is 0 Å². The van der Waals surface area contributed by atoms with Crippen molar-refractivity contribution in [3.63, 3.8) is 0 Å². The van der Waals surface area contributed by atoms with Crippen LogP contribution in [-0.2, 0) is 27.3 Å². The first-order chi connectivity index (χ1) is 12.6. The molecule has 6 heteroatoms. The SMILES string of the molecule is CN1CC(CN2CCOC(C(=O)N3CCc4ccccc4C3)C2)CC1=O. The van der Waals surface area contributed by atoms with Crippen molar-refractivity contribution in [1.82, 2.24) is 14.7 Å². The van der Waals surface area contributed by atoms with Gasteiger partial charge in [0.1, 0.15) is 6.10 Å². The van der Waals surface area contributed by atoms with E-state index in [-0.39, 0.29) is 17.9 Å². The Morgan fingerprint density at radius 1 is 1.19 bits per heavy atom. The quantitative estimate of drug-likeness (QED) is 0.801. The molecule has 1 aromatic rings. The van der Waals surface area contributed by atoms with Crippen molar-refractivity contribution in [2.75, 3.05) is 46.4 Å². The molecule has 0 spiro atoms. The fraction of sp³-hybridized carbons (Fsp3) is 0.600. The predicted octanol–water partition coefficient (Wildman–Crippen LogP) is 0.750. The summed E-state index contributed by atoms with van der Waals surface area (Å²) in [6.45, 7) is 5.17. The van der Waals surface area contributed by atoms with E-state index in [2.05, 4.69) is 23.1 Å². The lowest BCUT2D eigenvalue weighted by atomic mass is 9.99. The second kappa shape index (κ2) is 7.37. The van der Waals surface area contributed by atoms with Crippen molar-refractivity contribution < 1.29 is 14.3 Å². The van der Waals surface area contributed by atoms with Crippen molar-refractivity contribution in [1.29, 1.82) is 0 Å². The van der Waals surface area contributed by atoms with E-state index in [9.17, 15) is 9.59 Å². The van der Waals surface area contributed by atoms with Crippen LogP contribution in [0.2, 0.25) is 0 Å². The summed E-state index contributed by atoms with van der Waals surface area (Å²) in [7, 11) is 1.86. The maximum Gasteiger partial charge on any atom is 0.253 e. The summed E-state index contributed by atoms with van der Waals surface area (Å²) in [5.41, 5.74) is 2.59. The van der Waals surface area contributed by atoms with Crippen LogP contribution in [-0.4, -0.2) is 79.0 Å². The number of nitrogens with zero attached hydrogens (tertiary/aromatic N) is 3. The van der Waals surface area contributed by atoms with Crippen molar-refractivity contribution in [3.05, 3.63) is 35.4 Å². The summed E-state index contributed by atoms with van der Waals surface area (Å²) in [5.74, 6) is 0.690. The third-order valence-corrected chi connectivity index (χ3v) is 5.81. The van der Waals surface area contributed by atoms with E-state index in [1.165, 1.54) is 11.1 Å². The summed E-state index contributed by atoms with van der Waals surface area (Å²) in [4.78, 5) is 30.7. The highest BCUT2D eigenvalue weighted by Gasteiger charge is 2.34. The number of fused-ring (bicyclic) bond motifs is 1. The first kappa shape index (κ1) is 17.5. The number of carbonyl (C=O) groups excluding carboxylic acids is 2. The number of hydrogen-bond acceptors (Lipinski definition) is 4. The van der Waals surface area contributed by atoms with Gasteiger partial charge in [-0.25, -0.2) is 0 Å². The third kappa shape index (κ3) is 3.62. The zero-order chi connectivity index (χ0) is 18.1. The van der Waals surface area contributed by atoms with E-state index >= 15 is 0 Å². The van der Waals surface area contributed by atoms with Crippen LogP contribution >= 0.6 is 0 Å². The summed E-state index contributed by atoms with van der Waals surface area (Å²) >= 11 is 0. The lowest BCUT2D eigenvalue weighted by molar-refractivity contribution is -0.150. The van der Waals surface area contributed by atoms with Gasteiger partial charge in [-0.05, 0) is 23.5 Å². The van der Waals surface area contributed by atoms with Crippen LogP contribution in [0.15, 0.2) is 24.3 Å². The molecule has 2 atom stereocenters. The molecule has 0 saturated carbocycles. The van der Waals surface area contributed by atoms with Crippen molar-refractivity contribution >= 4 is 11.8 Å². The number of likely N-dealkylation sites (tertiary alicyclic amines) is 1. The predicted molar refractivity (Wildman–Crippen MR) is 97.5 cm³/mol. The first-order valence-corrected chi connectivity index (χ1v) is 9.53. The molecular weight excluding hydrogens is 330 g/mol. The van der Waals surface area contributed by atoms with Crippen LogP contribution in [0.25, 0.3) is 0 Å². The van der Waals surface area contributed by atoms with Gasteiger partial charge in [-0.1, -0.05) is 24.3 Å². The Bertz CT molecular complexity index is 693. The van der Waals surface area contributed by atoms with Crippen molar-refractivity contribution in [2.24, 2.45) is 5.92 Å². The van der Waals surface area contributed by atoms with E-state index < -0.39 is 0 Å². The molecule has 0 aliphatic carbocycles. The Morgan fingerprint density at radius 2 is 2.00 bits per heavy atom. The van der Waals surface area contributed by atoms with Gasteiger partial charge >= 0.3 is 0 Å². The monoisotopic (exact) mass is 357 g/mol. The molecule has 2 fully saturated rings. The molecule has 140 valence electrons. The van der Waals surface area contributed by atoms with Gasteiger partial charge in [-0.15, -0.1) is 0 Å². The molecule has 4 rings (SSSR count). The Morgan fingerprint density at radius 3 is 2.77 bits per heavy atom. The topological polar surface area (TPSA) is 53.1 Å². The molecule has 2 unspecified atom stereocenters. The summed E-state index contributed by atoms with van der Waals surface area (Å²) < 4.78 is 5.81. The highest BCUT2D eigenvalue weighted by Crippen LogP contribution is 2.22. The lowest BCUT2D eigenvalue weighted by Crippen LogP contribution is -2.52. The second-order valence-corrected chi connectivity index (χ2v) is 7.74. The maximum absolute atomic E-state index is 13.0. The van der Waals surface area contributed by atoms with Crippen LogP contribution < -0.4 is 0 Å². The normalized spacial score (nSPS) is 26.9. The zero-order valence-corrected chi connectivity index (χ0v) is 15.4. The summed E-state index contributed by atoms with van der Waals surface area (Å²) in [5, 5.41) is 0. The molecule has 2 saturated heterocycles.